The maximum atomic E-state index is 13.2. The zero-order valence-corrected chi connectivity index (χ0v) is 71.9. The van der Waals surface area contributed by atoms with Crippen LogP contribution in [0.1, 0.15) is 453 Å². The van der Waals surface area contributed by atoms with Gasteiger partial charge in [-0.3, -0.25) is 37.3 Å². The van der Waals surface area contributed by atoms with E-state index in [0.29, 0.717) is 31.6 Å². The molecule has 19 heteroatoms. The molecule has 0 saturated carbocycles. The Morgan fingerprint density at radius 3 is 0.670 bits per heavy atom. The van der Waals surface area contributed by atoms with Gasteiger partial charge in [0.15, 0.2) is 12.2 Å². The van der Waals surface area contributed by atoms with Crippen LogP contribution in [0.2, 0.25) is 0 Å². The molecule has 0 fully saturated rings. The number of ether oxygens (including phenoxy) is 4. The number of phosphoric ester groups is 2. The van der Waals surface area contributed by atoms with E-state index in [4.69, 9.17) is 37.0 Å². The molecule has 0 aliphatic heterocycles. The minimum Gasteiger partial charge on any atom is -0.462 e. The van der Waals surface area contributed by atoms with Crippen molar-refractivity contribution in [3.8, 4) is 0 Å². The predicted octanol–water partition coefficient (Wildman–Crippen LogP) is 26.3. The molecule has 0 spiro atoms. The number of unbranched alkanes of at least 4 members (excludes halogenated alkanes) is 48. The number of phosphoric acid groups is 2. The molecule has 7 atom stereocenters. The number of carbonyl (C=O) groups is 4. The number of hydrogen-bond acceptors (Lipinski definition) is 15. The molecule has 0 heterocycles. The van der Waals surface area contributed by atoms with Gasteiger partial charge in [-0.2, -0.15) is 0 Å². The third-order valence-electron chi connectivity index (χ3n) is 21.0. The van der Waals surface area contributed by atoms with Crippen molar-refractivity contribution in [1.82, 2.24) is 0 Å². The maximum Gasteiger partial charge on any atom is 0.472 e. The van der Waals surface area contributed by atoms with Crippen molar-refractivity contribution < 1.29 is 80.2 Å². The van der Waals surface area contributed by atoms with Crippen LogP contribution in [-0.4, -0.2) is 96.7 Å². The van der Waals surface area contributed by atoms with E-state index in [1.165, 1.54) is 250 Å². The molecule has 0 rings (SSSR count). The normalized spacial score (nSPS) is 14.4. The van der Waals surface area contributed by atoms with Crippen molar-refractivity contribution in [2.24, 2.45) is 23.7 Å². The van der Waals surface area contributed by atoms with Gasteiger partial charge in [0.25, 0.3) is 0 Å². The Kier molecular flexibility index (Phi) is 74.3. The summed E-state index contributed by atoms with van der Waals surface area (Å²) in [5.74, 6) is 1.07. The van der Waals surface area contributed by atoms with E-state index in [2.05, 4.69) is 55.4 Å². The van der Waals surface area contributed by atoms with E-state index in [1.54, 1.807) is 0 Å². The van der Waals surface area contributed by atoms with E-state index >= 15 is 0 Å². The van der Waals surface area contributed by atoms with E-state index in [0.717, 1.165) is 114 Å². The van der Waals surface area contributed by atoms with Crippen molar-refractivity contribution in [2.75, 3.05) is 39.6 Å². The predicted molar refractivity (Wildman–Crippen MR) is 437 cm³/mol. The van der Waals surface area contributed by atoms with Crippen LogP contribution >= 0.6 is 15.6 Å². The molecular formula is C87H170O17P2. The average Bonchev–Trinajstić information content (AvgIpc) is 0.906. The summed E-state index contributed by atoms with van der Waals surface area (Å²) in [4.78, 5) is 73.2. The summed E-state index contributed by atoms with van der Waals surface area (Å²) in [6.07, 6.45) is 65.5. The average molecular weight is 1550 g/mol. The zero-order chi connectivity index (χ0) is 78.1. The molecule has 0 radical (unpaired) electrons. The van der Waals surface area contributed by atoms with Crippen LogP contribution in [0, 0.1) is 23.7 Å². The van der Waals surface area contributed by atoms with Crippen LogP contribution in [0.25, 0.3) is 0 Å². The maximum absolute atomic E-state index is 13.2. The van der Waals surface area contributed by atoms with Gasteiger partial charge in [0.05, 0.1) is 26.4 Å². The highest BCUT2D eigenvalue weighted by atomic mass is 31.2. The lowest BCUT2D eigenvalue weighted by atomic mass is 9.99. The fraction of sp³-hybridized carbons (Fsp3) is 0.954. The zero-order valence-electron chi connectivity index (χ0n) is 70.1. The first-order chi connectivity index (χ1) is 51.2. The summed E-state index contributed by atoms with van der Waals surface area (Å²) in [7, 11) is -9.93. The van der Waals surface area contributed by atoms with Gasteiger partial charge < -0.3 is 33.8 Å². The number of aliphatic hydroxyl groups is 1. The second-order valence-corrected chi connectivity index (χ2v) is 35.6. The van der Waals surface area contributed by atoms with Crippen LogP contribution in [0.4, 0.5) is 0 Å². The summed E-state index contributed by atoms with van der Waals surface area (Å²) in [5, 5.41) is 10.7. The van der Waals surface area contributed by atoms with Crippen LogP contribution < -0.4 is 0 Å². The smallest absolute Gasteiger partial charge is 0.462 e. The van der Waals surface area contributed by atoms with Gasteiger partial charge in [-0.15, -0.1) is 0 Å². The minimum absolute atomic E-state index is 0.105. The third kappa shape index (κ3) is 77.4. The SMILES string of the molecule is CCC(C)CCCCCCCCCCCCCCCCCCCCC(=O)O[C@H](COC(=O)CCCCCCCCCCCCCCCCCCCCC(C)C)COP(=O)(O)OC[C@@H](O)COP(=O)(O)OC[C@@H](COC(=O)CCCCCCCCC(C)C)OC(=O)CCCCCCCCCCCCC(C)CC. The van der Waals surface area contributed by atoms with Crippen LogP contribution in [0.5, 0.6) is 0 Å². The standard InChI is InChI=1S/C87H170O17P2/c1-9-79(7)65-57-49-40-34-28-24-20-16-12-14-18-22-26-30-37-43-53-61-69-86(91)103-82(73-97-84(89)67-59-51-42-36-29-25-21-17-13-11-15-19-23-27-33-39-47-55-63-77(3)4)75-101-105(93,94)99-71-81(88)72-100-106(95,96)102-76-83(74-98-85(90)68-60-52-46-45-48-56-64-78(5)6)104-87(92)70-62-54-44-38-32-31-35-41-50-58-66-80(8)10-2/h77-83,88H,9-76H2,1-8H3,(H,93,94)(H,95,96)/t79?,80?,81-,82-,83-/m1/s1. The van der Waals surface area contributed by atoms with E-state index in [9.17, 15) is 43.2 Å². The molecule has 4 unspecified atom stereocenters. The van der Waals surface area contributed by atoms with Crippen LogP contribution in [-0.2, 0) is 65.4 Å². The Bertz CT molecular complexity index is 2060. The topological polar surface area (TPSA) is 237 Å². The first-order valence-corrected chi connectivity index (χ1v) is 47.8. The first-order valence-electron chi connectivity index (χ1n) is 44.8. The van der Waals surface area contributed by atoms with Gasteiger partial charge >= 0.3 is 39.5 Å². The second kappa shape index (κ2) is 75.7. The summed E-state index contributed by atoms with van der Waals surface area (Å²) in [6.45, 7) is 14.3. The lowest BCUT2D eigenvalue weighted by Gasteiger charge is -2.21. The molecule has 17 nitrogen and oxygen atoms in total. The number of esters is 4. The quantitative estimate of drug-likeness (QED) is 0.0222. The molecular weight excluding hydrogens is 1380 g/mol. The first kappa shape index (κ1) is 104. The summed E-state index contributed by atoms with van der Waals surface area (Å²) >= 11 is 0. The van der Waals surface area contributed by atoms with Gasteiger partial charge in [0.2, 0.25) is 0 Å². The summed E-state index contributed by atoms with van der Waals surface area (Å²) in [6, 6.07) is 0. The molecule has 0 aromatic heterocycles. The number of carbonyl (C=O) groups excluding carboxylic acids is 4. The fourth-order valence-corrected chi connectivity index (χ4v) is 15.0. The highest BCUT2D eigenvalue weighted by molar-refractivity contribution is 7.47. The molecule has 0 aliphatic carbocycles. The molecule has 630 valence electrons. The van der Waals surface area contributed by atoms with E-state index in [1.807, 2.05) is 0 Å². The Balaban J connectivity index is 5.20. The largest absolute Gasteiger partial charge is 0.472 e. The van der Waals surface area contributed by atoms with Gasteiger partial charge in [-0.25, -0.2) is 9.13 Å². The second-order valence-electron chi connectivity index (χ2n) is 32.7. The summed E-state index contributed by atoms with van der Waals surface area (Å²) < 4.78 is 68.8. The van der Waals surface area contributed by atoms with Gasteiger partial charge in [0.1, 0.15) is 19.3 Å². The van der Waals surface area contributed by atoms with Crippen molar-refractivity contribution >= 4 is 39.5 Å². The molecule has 0 aromatic carbocycles. The van der Waals surface area contributed by atoms with E-state index in [-0.39, 0.29) is 25.7 Å². The van der Waals surface area contributed by atoms with Crippen molar-refractivity contribution in [1.29, 1.82) is 0 Å². The summed E-state index contributed by atoms with van der Waals surface area (Å²) in [5.41, 5.74) is 0. The van der Waals surface area contributed by atoms with Gasteiger partial charge in [-0.05, 0) is 49.4 Å². The Hall–Kier alpha value is -1.94. The molecule has 106 heavy (non-hydrogen) atoms. The molecule has 0 aromatic rings. The molecule has 0 saturated heterocycles. The Labute approximate surface area is 651 Å². The lowest BCUT2D eigenvalue weighted by molar-refractivity contribution is -0.161. The number of rotatable bonds is 84. The lowest BCUT2D eigenvalue weighted by Crippen LogP contribution is -2.30. The highest BCUT2D eigenvalue weighted by Crippen LogP contribution is 2.45. The van der Waals surface area contributed by atoms with Crippen molar-refractivity contribution in [3.63, 3.8) is 0 Å². The molecule has 3 N–H and O–H groups in total. The van der Waals surface area contributed by atoms with Gasteiger partial charge in [-0.1, -0.05) is 402 Å². The van der Waals surface area contributed by atoms with Crippen molar-refractivity contribution in [2.45, 2.75) is 472 Å². The van der Waals surface area contributed by atoms with E-state index < -0.39 is 97.5 Å². The van der Waals surface area contributed by atoms with Crippen molar-refractivity contribution in [3.05, 3.63) is 0 Å². The minimum atomic E-state index is -4.97. The van der Waals surface area contributed by atoms with Crippen LogP contribution in [0.3, 0.4) is 0 Å². The fourth-order valence-electron chi connectivity index (χ4n) is 13.4. The molecule has 0 amide bonds. The monoisotopic (exact) mass is 1550 g/mol. The van der Waals surface area contributed by atoms with Gasteiger partial charge in [0, 0.05) is 25.7 Å². The number of aliphatic hydroxyl groups excluding tert-OH is 1. The molecule has 0 bridgehead atoms. The highest BCUT2D eigenvalue weighted by Gasteiger charge is 2.31. The Morgan fingerprint density at radius 1 is 0.264 bits per heavy atom. The number of hydrogen-bond donors (Lipinski definition) is 3. The third-order valence-corrected chi connectivity index (χ3v) is 22.9. The van der Waals surface area contributed by atoms with Crippen LogP contribution in [0.15, 0.2) is 0 Å². The Morgan fingerprint density at radius 2 is 0.453 bits per heavy atom. The molecule has 0 aliphatic rings.